The Morgan fingerprint density at radius 3 is 2.66 bits per heavy atom. The number of hydrogen-bond donors (Lipinski definition) is 0. The van der Waals surface area contributed by atoms with Gasteiger partial charge in [0.2, 0.25) is 5.91 Å². The Bertz CT molecular complexity index is 970. The van der Waals surface area contributed by atoms with Gasteiger partial charge in [0.15, 0.2) is 5.78 Å². The highest BCUT2D eigenvalue weighted by molar-refractivity contribution is 6.01. The molecule has 5 heteroatoms. The van der Waals surface area contributed by atoms with E-state index in [1.807, 2.05) is 23.1 Å². The van der Waals surface area contributed by atoms with Gasteiger partial charge in [-0.25, -0.2) is 4.39 Å². The summed E-state index contributed by atoms with van der Waals surface area (Å²) in [6, 6.07) is 10.9. The van der Waals surface area contributed by atoms with Gasteiger partial charge in [0.1, 0.15) is 5.82 Å². The van der Waals surface area contributed by atoms with Gasteiger partial charge < -0.3 is 9.80 Å². The summed E-state index contributed by atoms with van der Waals surface area (Å²) in [6.45, 7) is 2.69. The average molecular weight is 437 g/mol. The molecular weight excluding hydrogens is 403 g/mol. The molecule has 0 unspecified atom stereocenters. The van der Waals surface area contributed by atoms with E-state index in [1.54, 1.807) is 12.1 Å². The third-order valence-electron chi connectivity index (χ3n) is 6.71. The van der Waals surface area contributed by atoms with E-state index in [1.165, 1.54) is 17.2 Å². The van der Waals surface area contributed by atoms with Crippen LogP contribution in [0, 0.1) is 5.82 Å². The van der Waals surface area contributed by atoms with Crippen LogP contribution in [0.1, 0.15) is 65.6 Å². The van der Waals surface area contributed by atoms with E-state index in [9.17, 15) is 14.0 Å². The van der Waals surface area contributed by atoms with Gasteiger partial charge in [0.25, 0.3) is 0 Å². The van der Waals surface area contributed by atoms with Crippen LogP contribution in [-0.4, -0.2) is 43.3 Å². The van der Waals surface area contributed by atoms with Crippen molar-refractivity contribution >= 4 is 17.4 Å². The first-order chi connectivity index (χ1) is 15.5. The molecule has 0 saturated heterocycles. The number of rotatable bonds is 10. The van der Waals surface area contributed by atoms with E-state index < -0.39 is 0 Å². The second-order valence-corrected chi connectivity index (χ2v) is 9.21. The topological polar surface area (TPSA) is 40.6 Å². The Labute approximate surface area is 190 Å². The molecule has 2 aliphatic heterocycles. The van der Waals surface area contributed by atoms with Crippen molar-refractivity contribution in [1.29, 1.82) is 0 Å². The first-order valence-corrected chi connectivity index (χ1v) is 11.9. The van der Waals surface area contributed by atoms with Gasteiger partial charge in [0, 0.05) is 31.5 Å². The van der Waals surface area contributed by atoms with Gasteiger partial charge in [-0.05, 0) is 93.1 Å². The SMILES string of the molecule is CN(CCCCCC(=O)c1cc2c3c(c1)CCC(=O)N3CCC2)CCc1cccc(F)c1. The third kappa shape index (κ3) is 5.44. The Morgan fingerprint density at radius 1 is 1.03 bits per heavy atom. The highest BCUT2D eigenvalue weighted by atomic mass is 19.1. The van der Waals surface area contributed by atoms with Crippen molar-refractivity contribution in [3.63, 3.8) is 0 Å². The number of carbonyl (C=O) groups excluding carboxylic acids is 2. The number of likely N-dealkylation sites (N-methyl/N-ethyl adjacent to an activating group) is 1. The normalized spacial score (nSPS) is 15.2. The van der Waals surface area contributed by atoms with Crippen molar-refractivity contribution in [2.24, 2.45) is 0 Å². The van der Waals surface area contributed by atoms with Crippen LogP contribution in [0.2, 0.25) is 0 Å². The summed E-state index contributed by atoms with van der Waals surface area (Å²) in [7, 11) is 2.09. The lowest BCUT2D eigenvalue weighted by atomic mass is 9.88. The minimum absolute atomic E-state index is 0.177. The summed E-state index contributed by atoms with van der Waals surface area (Å²) in [5.41, 5.74) is 5.28. The zero-order valence-corrected chi connectivity index (χ0v) is 19.0. The number of halogens is 1. The highest BCUT2D eigenvalue weighted by Gasteiger charge is 2.30. The molecule has 2 aromatic rings. The minimum atomic E-state index is -0.177. The Kier molecular flexibility index (Phi) is 7.36. The van der Waals surface area contributed by atoms with Crippen LogP contribution in [0.4, 0.5) is 10.1 Å². The van der Waals surface area contributed by atoms with Crippen molar-refractivity contribution < 1.29 is 14.0 Å². The van der Waals surface area contributed by atoms with Gasteiger partial charge in [-0.15, -0.1) is 0 Å². The molecule has 0 aliphatic carbocycles. The van der Waals surface area contributed by atoms with Crippen LogP contribution in [-0.2, 0) is 24.1 Å². The molecule has 0 bridgehead atoms. The number of carbonyl (C=O) groups is 2. The molecular formula is C27H33FN2O2. The second-order valence-electron chi connectivity index (χ2n) is 9.21. The lowest BCUT2D eigenvalue weighted by Crippen LogP contribution is -2.39. The monoisotopic (exact) mass is 436 g/mol. The van der Waals surface area contributed by atoms with E-state index in [4.69, 9.17) is 0 Å². The predicted molar refractivity (Wildman–Crippen MR) is 126 cm³/mol. The van der Waals surface area contributed by atoms with Crippen molar-refractivity contribution in [3.8, 4) is 0 Å². The number of nitrogens with zero attached hydrogens (tertiary/aromatic N) is 2. The highest BCUT2D eigenvalue weighted by Crippen LogP contribution is 2.36. The number of aryl methyl sites for hydroxylation is 2. The first-order valence-electron chi connectivity index (χ1n) is 11.9. The summed E-state index contributed by atoms with van der Waals surface area (Å²) in [6.07, 6.45) is 7.63. The van der Waals surface area contributed by atoms with Gasteiger partial charge in [-0.1, -0.05) is 18.6 Å². The zero-order valence-electron chi connectivity index (χ0n) is 19.0. The lowest BCUT2D eigenvalue weighted by Gasteiger charge is -2.35. The summed E-state index contributed by atoms with van der Waals surface area (Å²) in [4.78, 5) is 29.2. The number of unbranched alkanes of at least 4 members (excludes halogenated alkanes) is 2. The van der Waals surface area contributed by atoms with Crippen LogP contribution < -0.4 is 4.90 Å². The summed E-state index contributed by atoms with van der Waals surface area (Å²) in [5, 5.41) is 0. The van der Waals surface area contributed by atoms with Crippen molar-refractivity contribution in [2.45, 2.75) is 57.8 Å². The fraction of sp³-hybridized carbons (Fsp3) is 0.481. The van der Waals surface area contributed by atoms with Crippen molar-refractivity contribution in [3.05, 3.63) is 64.5 Å². The van der Waals surface area contributed by atoms with E-state index in [0.717, 1.165) is 81.4 Å². The van der Waals surface area contributed by atoms with Crippen LogP contribution in [0.15, 0.2) is 36.4 Å². The lowest BCUT2D eigenvalue weighted by molar-refractivity contribution is -0.119. The molecule has 170 valence electrons. The molecule has 32 heavy (non-hydrogen) atoms. The number of Topliss-reactive ketones (excluding diaryl/α,β-unsaturated/α-hetero) is 1. The molecule has 0 spiro atoms. The maximum Gasteiger partial charge on any atom is 0.227 e. The fourth-order valence-corrected chi connectivity index (χ4v) is 4.93. The standard InChI is InChI=1S/C27H33FN2O2/c1-29(16-13-20-7-5-9-24(28)17-20)14-4-2-3-10-25(31)23-18-21-8-6-15-30-26(32)12-11-22(19-23)27(21)30/h5,7,9,17-19H,2-4,6,8,10-16H2,1H3. The molecule has 2 aromatic carbocycles. The average Bonchev–Trinajstić information content (AvgIpc) is 2.79. The molecule has 0 aromatic heterocycles. The Hall–Kier alpha value is -2.53. The van der Waals surface area contributed by atoms with Gasteiger partial charge in [-0.2, -0.15) is 0 Å². The molecule has 1 amide bonds. The van der Waals surface area contributed by atoms with E-state index in [0.29, 0.717) is 12.8 Å². The minimum Gasteiger partial charge on any atom is -0.312 e. The number of amides is 1. The molecule has 2 heterocycles. The largest absolute Gasteiger partial charge is 0.312 e. The Balaban J connectivity index is 1.21. The van der Waals surface area contributed by atoms with Gasteiger partial charge in [-0.3, -0.25) is 9.59 Å². The van der Waals surface area contributed by atoms with Crippen molar-refractivity contribution in [2.75, 3.05) is 31.6 Å². The summed E-state index contributed by atoms with van der Waals surface area (Å²) < 4.78 is 13.3. The van der Waals surface area contributed by atoms with Crippen LogP contribution >= 0.6 is 0 Å². The number of ketones is 1. The summed E-state index contributed by atoms with van der Waals surface area (Å²) in [5.74, 6) is 0.264. The van der Waals surface area contributed by atoms with E-state index in [-0.39, 0.29) is 17.5 Å². The third-order valence-corrected chi connectivity index (χ3v) is 6.71. The number of anilines is 1. The van der Waals surface area contributed by atoms with E-state index >= 15 is 0 Å². The van der Waals surface area contributed by atoms with Gasteiger partial charge in [0.05, 0.1) is 5.69 Å². The summed E-state index contributed by atoms with van der Waals surface area (Å²) >= 11 is 0. The van der Waals surface area contributed by atoms with Crippen LogP contribution in [0.25, 0.3) is 0 Å². The maximum absolute atomic E-state index is 13.3. The molecule has 0 atom stereocenters. The predicted octanol–water partition coefficient (Wildman–Crippen LogP) is 4.97. The molecule has 0 saturated carbocycles. The zero-order chi connectivity index (χ0) is 22.5. The quantitative estimate of drug-likeness (QED) is 0.390. The van der Waals surface area contributed by atoms with Crippen molar-refractivity contribution in [1.82, 2.24) is 4.90 Å². The van der Waals surface area contributed by atoms with E-state index in [2.05, 4.69) is 11.9 Å². The van der Waals surface area contributed by atoms with Gasteiger partial charge >= 0.3 is 0 Å². The van der Waals surface area contributed by atoms with Crippen LogP contribution in [0.3, 0.4) is 0 Å². The maximum atomic E-state index is 13.3. The molecule has 0 N–H and O–H groups in total. The Morgan fingerprint density at radius 2 is 1.84 bits per heavy atom. The van der Waals surface area contributed by atoms with Crippen LogP contribution in [0.5, 0.6) is 0 Å². The smallest absolute Gasteiger partial charge is 0.227 e. The fourth-order valence-electron chi connectivity index (χ4n) is 4.93. The molecule has 4 rings (SSSR count). The number of hydrogen-bond acceptors (Lipinski definition) is 3. The number of benzene rings is 2. The first kappa shape index (κ1) is 22.7. The molecule has 4 nitrogen and oxygen atoms in total. The molecule has 0 radical (unpaired) electrons. The molecule has 0 fully saturated rings. The second kappa shape index (κ2) is 10.4. The molecule has 2 aliphatic rings.